The van der Waals surface area contributed by atoms with Crippen molar-refractivity contribution >= 4 is 50.0 Å². The van der Waals surface area contributed by atoms with Crippen LogP contribution in [0, 0.1) is 0 Å². The third kappa shape index (κ3) is 10.2. The first-order valence-electron chi connectivity index (χ1n) is 8.90. The van der Waals surface area contributed by atoms with Crippen molar-refractivity contribution in [2.45, 2.75) is 52.1 Å². The molecule has 27 heavy (non-hydrogen) atoms. The lowest BCUT2D eigenvalue weighted by molar-refractivity contribution is 0.306. The Morgan fingerprint density at radius 2 is 1.70 bits per heavy atom. The number of nitrogens with one attached hydrogen (secondary N) is 3. The first kappa shape index (κ1) is 26.8. The van der Waals surface area contributed by atoms with Crippen molar-refractivity contribution in [1.29, 1.82) is 0 Å². The van der Waals surface area contributed by atoms with Gasteiger partial charge in [-0.05, 0) is 40.5 Å². The summed E-state index contributed by atoms with van der Waals surface area (Å²) in [5.41, 5.74) is -0.700. The molecular weight excluding hydrogens is 505 g/mol. The maximum atomic E-state index is 11.9. The molecule has 1 aliphatic rings. The third-order valence-corrected chi connectivity index (χ3v) is 6.80. The van der Waals surface area contributed by atoms with E-state index in [4.69, 9.17) is 0 Å². The molecule has 1 heterocycles. The highest BCUT2D eigenvalue weighted by molar-refractivity contribution is 14.0. The lowest BCUT2D eigenvalue weighted by atomic mass is 10.1. The minimum Gasteiger partial charge on any atom is -0.357 e. The van der Waals surface area contributed by atoms with Crippen LogP contribution in [0.25, 0.3) is 0 Å². The predicted octanol–water partition coefficient (Wildman–Crippen LogP) is 0.301. The van der Waals surface area contributed by atoms with Crippen LogP contribution in [0.3, 0.4) is 0 Å². The normalized spacial score (nSPS) is 18.0. The number of hydrogen-bond acceptors (Lipinski definition) is 5. The molecule has 0 radical (unpaired) electrons. The van der Waals surface area contributed by atoms with Gasteiger partial charge in [-0.15, -0.1) is 24.0 Å². The fraction of sp³-hybridized carbons (Fsp3) is 0.933. The summed E-state index contributed by atoms with van der Waals surface area (Å²) in [6.07, 6.45) is 2.53. The van der Waals surface area contributed by atoms with Gasteiger partial charge < -0.3 is 10.6 Å². The molecule has 0 spiro atoms. The minimum absolute atomic E-state index is 0. The summed E-state index contributed by atoms with van der Waals surface area (Å²) in [5, 5.41) is 6.47. The molecule has 0 bridgehead atoms. The number of halogens is 1. The molecule has 3 N–H and O–H groups in total. The van der Waals surface area contributed by atoms with E-state index in [2.05, 4.69) is 20.3 Å². The molecule has 1 aliphatic heterocycles. The summed E-state index contributed by atoms with van der Waals surface area (Å²) in [4.78, 5) is 4.48. The SMILES string of the molecule is CCNC(=NCC(C)(C)NS(C)(=O)=O)NC1CCN(S(=O)(=O)CC)CC1.I. The maximum absolute atomic E-state index is 11.9. The van der Waals surface area contributed by atoms with Crippen molar-refractivity contribution in [2.75, 3.05) is 38.2 Å². The fourth-order valence-corrected chi connectivity index (χ4v) is 4.99. The number of hydrogen-bond donors (Lipinski definition) is 3. The monoisotopic (exact) mass is 539 g/mol. The average molecular weight is 540 g/mol. The second-order valence-corrected chi connectivity index (χ2v) is 11.2. The standard InChI is InChI=1S/C15H33N5O4S2.HI/c1-6-16-14(17-12-15(3,4)19-25(5,21)22)18-13-8-10-20(11-9-13)26(23,24)7-2;/h13,19H,6-12H2,1-5H3,(H2,16,17,18);1H. The van der Waals surface area contributed by atoms with Gasteiger partial charge in [0.1, 0.15) is 0 Å². The Morgan fingerprint density at radius 3 is 2.15 bits per heavy atom. The van der Waals surface area contributed by atoms with E-state index >= 15 is 0 Å². The lowest BCUT2D eigenvalue weighted by Crippen LogP contribution is -2.51. The molecule has 1 rings (SSSR count). The summed E-state index contributed by atoms with van der Waals surface area (Å²) in [6.45, 7) is 9.09. The summed E-state index contributed by atoms with van der Waals surface area (Å²) >= 11 is 0. The van der Waals surface area contributed by atoms with Gasteiger partial charge >= 0.3 is 0 Å². The Bertz CT molecular complexity index is 687. The summed E-state index contributed by atoms with van der Waals surface area (Å²) in [5.74, 6) is 0.727. The Balaban J connectivity index is 0.00000676. The summed E-state index contributed by atoms with van der Waals surface area (Å²) < 4.78 is 50.8. The van der Waals surface area contributed by atoms with E-state index in [1.165, 1.54) is 4.31 Å². The van der Waals surface area contributed by atoms with Crippen LogP contribution in [0.15, 0.2) is 4.99 Å². The van der Waals surface area contributed by atoms with Crippen LogP contribution in [0.5, 0.6) is 0 Å². The first-order chi connectivity index (χ1) is 11.9. The lowest BCUT2D eigenvalue weighted by Gasteiger charge is -2.32. The van der Waals surface area contributed by atoms with E-state index in [9.17, 15) is 16.8 Å². The van der Waals surface area contributed by atoms with E-state index in [0.717, 1.165) is 6.26 Å². The van der Waals surface area contributed by atoms with Gasteiger partial charge in [-0.1, -0.05) is 0 Å². The highest BCUT2D eigenvalue weighted by Gasteiger charge is 2.27. The molecule has 0 aliphatic carbocycles. The number of guanidine groups is 1. The number of aliphatic imine (C=N–C) groups is 1. The van der Waals surface area contributed by atoms with Gasteiger partial charge in [-0.25, -0.2) is 25.9 Å². The Labute approximate surface area is 181 Å². The first-order valence-corrected chi connectivity index (χ1v) is 12.4. The summed E-state index contributed by atoms with van der Waals surface area (Å²) in [6, 6.07) is 0.127. The number of sulfonamides is 2. The molecule has 0 saturated carbocycles. The predicted molar refractivity (Wildman–Crippen MR) is 121 cm³/mol. The molecule has 1 fully saturated rings. The van der Waals surface area contributed by atoms with Crippen molar-refractivity contribution in [1.82, 2.24) is 19.7 Å². The average Bonchev–Trinajstić information content (AvgIpc) is 2.51. The van der Waals surface area contributed by atoms with E-state index < -0.39 is 25.6 Å². The highest BCUT2D eigenvalue weighted by Crippen LogP contribution is 2.14. The maximum Gasteiger partial charge on any atom is 0.213 e. The van der Waals surface area contributed by atoms with Crippen LogP contribution in [0.1, 0.15) is 40.5 Å². The van der Waals surface area contributed by atoms with Crippen molar-refractivity contribution in [3.8, 4) is 0 Å². The Kier molecular flexibility index (Phi) is 11.0. The molecular formula is C15H34IN5O4S2. The molecule has 0 aromatic carbocycles. The highest BCUT2D eigenvalue weighted by atomic mass is 127. The number of piperidine rings is 1. The molecule has 0 unspecified atom stereocenters. The Hall–Kier alpha value is -0.180. The van der Waals surface area contributed by atoms with Gasteiger partial charge in [0.15, 0.2) is 5.96 Å². The second kappa shape index (κ2) is 11.1. The van der Waals surface area contributed by atoms with Gasteiger partial charge in [-0.2, -0.15) is 0 Å². The van der Waals surface area contributed by atoms with E-state index in [1.807, 2.05) is 6.92 Å². The molecule has 12 heteroatoms. The van der Waals surface area contributed by atoms with Crippen LogP contribution in [0.4, 0.5) is 0 Å². The number of rotatable bonds is 8. The topological polar surface area (TPSA) is 120 Å². The zero-order valence-corrected chi connectivity index (χ0v) is 20.7. The smallest absolute Gasteiger partial charge is 0.213 e. The molecule has 0 aromatic rings. The number of nitrogens with zero attached hydrogens (tertiary/aromatic N) is 2. The summed E-state index contributed by atoms with van der Waals surface area (Å²) in [7, 11) is -6.45. The quantitative estimate of drug-likeness (QED) is 0.232. The minimum atomic E-state index is -3.31. The molecule has 9 nitrogen and oxygen atoms in total. The van der Waals surface area contributed by atoms with E-state index in [-0.39, 0.29) is 42.3 Å². The van der Waals surface area contributed by atoms with Crippen LogP contribution >= 0.6 is 24.0 Å². The van der Waals surface area contributed by atoms with Crippen LogP contribution in [0.2, 0.25) is 0 Å². The van der Waals surface area contributed by atoms with Gasteiger partial charge in [0.05, 0.1) is 18.6 Å². The van der Waals surface area contributed by atoms with Crippen LogP contribution in [-0.4, -0.2) is 76.9 Å². The van der Waals surface area contributed by atoms with Crippen LogP contribution < -0.4 is 15.4 Å². The second-order valence-electron chi connectivity index (χ2n) is 7.17. The van der Waals surface area contributed by atoms with Gasteiger partial charge in [0.25, 0.3) is 0 Å². The molecule has 1 saturated heterocycles. The molecule has 162 valence electrons. The molecule has 0 aromatic heterocycles. The van der Waals surface area contributed by atoms with Gasteiger partial charge in [-0.3, -0.25) is 4.99 Å². The van der Waals surface area contributed by atoms with Gasteiger partial charge in [0, 0.05) is 31.2 Å². The van der Waals surface area contributed by atoms with Crippen molar-refractivity contribution in [3.63, 3.8) is 0 Å². The van der Waals surface area contributed by atoms with Crippen molar-refractivity contribution in [3.05, 3.63) is 0 Å². The largest absolute Gasteiger partial charge is 0.357 e. The molecule has 0 amide bonds. The van der Waals surface area contributed by atoms with E-state index in [0.29, 0.717) is 38.4 Å². The fourth-order valence-electron chi connectivity index (χ4n) is 2.79. The third-order valence-electron chi connectivity index (χ3n) is 3.99. The van der Waals surface area contributed by atoms with E-state index in [1.54, 1.807) is 20.8 Å². The Morgan fingerprint density at radius 1 is 1.15 bits per heavy atom. The van der Waals surface area contributed by atoms with Crippen LogP contribution in [-0.2, 0) is 20.0 Å². The van der Waals surface area contributed by atoms with Crippen molar-refractivity contribution in [2.24, 2.45) is 4.99 Å². The zero-order valence-electron chi connectivity index (χ0n) is 16.8. The molecule has 0 atom stereocenters. The van der Waals surface area contributed by atoms with Gasteiger partial charge in [0.2, 0.25) is 20.0 Å². The van der Waals surface area contributed by atoms with Crippen molar-refractivity contribution < 1.29 is 16.8 Å². The zero-order chi connectivity index (χ0) is 20.0.